The van der Waals surface area contributed by atoms with Gasteiger partial charge in [0.05, 0.1) is 12.2 Å². The van der Waals surface area contributed by atoms with Crippen LogP contribution < -0.4 is 4.74 Å². The van der Waals surface area contributed by atoms with Crippen molar-refractivity contribution in [3.63, 3.8) is 0 Å². The summed E-state index contributed by atoms with van der Waals surface area (Å²) < 4.78 is 11.5. The van der Waals surface area contributed by atoms with Gasteiger partial charge in [-0.1, -0.05) is 59.2 Å². The Morgan fingerprint density at radius 1 is 1.24 bits per heavy atom. The Morgan fingerprint density at radius 3 is 2.55 bits per heavy atom. The number of likely N-dealkylation sites (tertiary alicyclic amines) is 1. The van der Waals surface area contributed by atoms with Gasteiger partial charge >= 0.3 is 6.09 Å². The van der Waals surface area contributed by atoms with Gasteiger partial charge in [-0.2, -0.15) is 0 Å². The maximum absolute atomic E-state index is 12.5. The van der Waals surface area contributed by atoms with Crippen LogP contribution in [0.3, 0.4) is 0 Å². The Kier molecular flexibility index (Phi) is 10.0. The number of ether oxygens (including phenoxy) is 2. The molecule has 0 saturated carbocycles. The fourth-order valence-electron chi connectivity index (χ4n) is 5.24. The van der Waals surface area contributed by atoms with Crippen LogP contribution in [-0.4, -0.2) is 54.1 Å². The molecule has 4 atom stereocenters. The molecule has 0 spiro atoms. The minimum atomic E-state index is -1.20. The molecule has 1 fully saturated rings. The molecule has 1 aliphatic rings. The van der Waals surface area contributed by atoms with Crippen LogP contribution in [0.1, 0.15) is 78.7 Å². The van der Waals surface area contributed by atoms with Crippen LogP contribution >= 0.6 is 0 Å². The van der Waals surface area contributed by atoms with Gasteiger partial charge in [0.1, 0.15) is 5.75 Å². The van der Waals surface area contributed by atoms with Crippen molar-refractivity contribution in [1.29, 1.82) is 0 Å². The van der Waals surface area contributed by atoms with Crippen molar-refractivity contribution >= 4 is 6.09 Å². The number of rotatable bonds is 11. The fourth-order valence-corrected chi connectivity index (χ4v) is 5.24. The number of carboxylic acid groups (broad SMARTS) is 1. The van der Waals surface area contributed by atoms with E-state index in [0.717, 1.165) is 37.7 Å². The standard InChI is InChI=1S/C27H45NO5/c1-7-20(2)19-33-23-15-9-8-13-21(23)27(31,16-10-11-18-32-6)22-14-12-17-28(25(29)30)24(22)26(3,4)5/h8-9,13,15,20,22,24,31H,7,10-12,14,16-19H2,1-6H3,(H,29,30)/t20?,22?,24?,27-/m1/s1. The molecule has 1 aromatic rings. The van der Waals surface area contributed by atoms with Crippen LogP contribution in [0.4, 0.5) is 4.79 Å². The first kappa shape index (κ1) is 27.5. The number of piperidine rings is 1. The Morgan fingerprint density at radius 2 is 1.94 bits per heavy atom. The van der Waals surface area contributed by atoms with E-state index in [1.807, 2.05) is 24.3 Å². The molecule has 1 aromatic carbocycles. The van der Waals surface area contributed by atoms with E-state index in [2.05, 4.69) is 34.6 Å². The zero-order valence-electron chi connectivity index (χ0n) is 21.5. The number of hydrogen-bond acceptors (Lipinski definition) is 4. The summed E-state index contributed by atoms with van der Waals surface area (Å²) in [6.45, 7) is 12.2. The summed E-state index contributed by atoms with van der Waals surface area (Å²) in [5, 5.41) is 22.5. The van der Waals surface area contributed by atoms with E-state index in [-0.39, 0.29) is 17.4 Å². The Hall–Kier alpha value is -1.79. The highest BCUT2D eigenvalue weighted by Crippen LogP contribution is 2.49. The lowest BCUT2D eigenvalue weighted by atomic mass is 9.64. The molecule has 6 nitrogen and oxygen atoms in total. The van der Waals surface area contributed by atoms with Gasteiger partial charge in [0.2, 0.25) is 0 Å². The smallest absolute Gasteiger partial charge is 0.407 e. The van der Waals surface area contributed by atoms with Crippen molar-refractivity contribution in [2.24, 2.45) is 17.3 Å². The first-order valence-electron chi connectivity index (χ1n) is 12.5. The third kappa shape index (κ3) is 6.86. The molecular weight excluding hydrogens is 418 g/mol. The molecule has 0 radical (unpaired) electrons. The maximum Gasteiger partial charge on any atom is 0.407 e. The van der Waals surface area contributed by atoms with E-state index in [9.17, 15) is 15.0 Å². The average Bonchev–Trinajstić information content (AvgIpc) is 2.79. The maximum atomic E-state index is 12.5. The number of para-hydroxylation sites is 1. The SMILES string of the molecule is CCC(C)COc1ccccc1[C@](O)(CCCCOC)C1CCCN(C(=O)O)C1C(C)(C)C. The van der Waals surface area contributed by atoms with E-state index < -0.39 is 11.7 Å². The molecule has 3 unspecified atom stereocenters. The lowest BCUT2D eigenvalue weighted by Gasteiger charge is -2.52. The van der Waals surface area contributed by atoms with Crippen LogP contribution in [0.5, 0.6) is 5.75 Å². The third-order valence-corrected chi connectivity index (χ3v) is 7.11. The third-order valence-electron chi connectivity index (χ3n) is 7.11. The molecule has 33 heavy (non-hydrogen) atoms. The average molecular weight is 464 g/mol. The quantitative estimate of drug-likeness (QED) is 0.398. The Balaban J connectivity index is 2.54. The predicted molar refractivity (Wildman–Crippen MR) is 132 cm³/mol. The Bertz CT molecular complexity index is 746. The first-order valence-corrected chi connectivity index (χ1v) is 12.5. The number of carbonyl (C=O) groups is 1. The van der Waals surface area contributed by atoms with Gasteiger partial charge in [0.15, 0.2) is 0 Å². The van der Waals surface area contributed by atoms with E-state index >= 15 is 0 Å². The van der Waals surface area contributed by atoms with Crippen LogP contribution in [0.25, 0.3) is 0 Å². The van der Waals surface area contributed by atoms with E-state index in [0.29, 0.717) is 37.8 Å². The molecule has 188 valence electrons. The van der Waals surface area contributed by atoms with Gasteiger partial charge < -0.3 is 24.6 Å². The summed E-state index contributed by atoms with van der Waals surface area (Å²) in [7, 11) is 1.69. The molecule has 1 aliphatic heterocycles. The lowest BCUT2D eigenvalue weighted by Crippen LogP contribution is -2.59. The molecule has 0 aliphatic carbocycles. The number of aliphatic hydroxyl groups is 1. The van der Waals surface area contributed by atoms with Crippen molar-refractivity contribution in [2.45, 2.75) is 84.8 Å². The van der Waals surface area contributed by atoms with Gasteiger partial charge in [-0.15, -0.1) is 0 Å². The molecule has 2 N–H and O–H groups in total. The van der Waals surface area contributed by atoms with Crippen LogP contribution in [0, 0.1) is 17.3 Å². The predicted octanol–water partition coefficient (Wildman–Crippen LogP) is 5.92. The minimum Gasteiger partial charge on any atom is -0.493 e. The number of amides is 1. The highest BCUT2D eigenvalue weighted by molar-refractivity contribution is 5.66. The normalized spacial score (nSPS) is 22.0. The molecule has 1 heterocycles. The second-order valence-corrected chi connectivity index (χ2v) is 10.7. The van der Waals surface area contributed by atoms with Gasteiger partial charge in [0.25, 0.3) is 0 Å². The first-order chi connectivity index (χ1) is 15.6. The Labute approximate surface area is 200 Å². The fraction of sp³-hybridized carbons (Fsp3) is 0.741. The number of methoxy groups -OCH3 is 1. The van der Waals surface area contributed by atoms with Gasteiger partial charge in [-0.3, -0.25) is 0 Å². The van der Waals surface area contributed by atoms with Crippen molar-refractivity contribution < 1.29 is 24.5 Å². The van der Waals surface area contributed by atoms with E-state index in [1.54, 1.807) is 12.0 Å². The number of unbranched alkanes of at least 4 members (excludes halogenated alkanes) is 1. The van der Waals surface area contributed by atoms with E-state index in [4.69, 9.17) is 9.47 Å². The summed E-state index contributed by atoms with van der Waals surface area (Å²) >= 11 is 0. The molecule has 6 heteroatoms. The van der Waals surface area contributed by atoms with Gasteiger partial charge in [0, 0.05) is 37.8 Å². The summed E-state index contributed by atoms with van der Waals surface area (Å²) in [5.41, 5.74) is -0.750. The minimum absolute atomic E-state index is 0.238. The molecule has 0 aromatic heterocycles. The van der Waals surface area contributed by atoms with Crippen LogP contribution in [-0.2, 0) is 10.3 Å². The van der Waals surface area contributed by atoms with E-state index in [1.165, 1.54) is 0 Å². The zero-order valence-corrected chi connectivity index (χ0v) is 21.5. The van der Waals surface area contributed by atoms with Gasteiger partial charge in [-0.05, 0) is 49.5 Å². The van der Waals surface area contributed by atoms with Crippen LogP contribution in [0.2, 0.25) is 0 Å². The lowest BCUT2D eigenvalue weighted by molar-refractivity contribution is -0.107. The zero-order chi connectivity index (χ0) is 24.6. The van der Waals surface area contributed by atoms with Gasteiger partial charge in [-0.25, -0.2) is 4.79 Å². The number of nitrogens with zero attached hydrogens (tertiary/aromatic N) is 1. The molecule has 2 rings (SSSR count). The number of hydrogen-bond donors (Lipinski definition) is 2. The second-order valence-electron chi connectivity index (χ2n) is 10.7. The molecule has 0 bridgehead atoms. The van der Waals surface area contributed by atoms with Crippen molar-refractivity contribution in [2.75, 3.05) is 26.9 Å². The molecule has 1 amide bonds. The molecular formula is C27H45NO5. The highest BCUT2D eigenvalue weighted by Gasteiger charge is 2.51. The summed E-state index contributed by atoms with van der Waals surface area (Å²) in [6.07, 6.45) is 3.76. The summed E-state index contributed by atoms with van der Waals surface area (Å²) in [6, 6.07) is 7.46. The largest absolute Gasteiger partial charge is 0.493 e. The summed E-state index contributed by atoms with van der Waals surface area (Å²) in [4.78, 5) is 13.8. The topological polar surface area (TPSA) is 79.2 Å². The number of benzene rings is 1. The highest BCUT2D eigenvalue weighted by atomic mass is 16.5. The monoisotopic (exact) mass is 463 g/mol. The summed E-state index contributed by atoms with van der Waals surface area (Å²) in [5.74, 6) is 0.873. The van der Waals surface area contributed by atoms with Crippen molar-refractivity contribution in [3.8, 4) is 5.75 Å². The van der Waals surface area contributed by atoms with Crippen molar-refractivity contribution in [1.82, 2.24) is 4.90 Å². The second kappa shape index (κ2) is 12.1. The van der Waals surface area contributed by atoms with Crippen molar-refractivity contribution in [3.05, 3.63) is 29.8 Å². The molecule has 1 saturated heterocycles. The van der Waals surface area contributed by atoms with Crippen LogP contribution in [0.15, 0.2) is 24.3 Å².